The SMILES string of the molecule is CS(=O)(=O)N1CCCC1C(=O)Nc1nc(-c2ccccn2)cs1. The second-order valence-electron chi connectivity index (χ2n) is 5.27. The highest BCUT2D eigenvalue weighted by Gasteiger charge is 2.36. The lowest BCUT2D eigenvalue weighted by Crippen LogP contribution is -2.42. The third kappa shape index (κ3) is 3.57. The lowest BCUT2D eigenvalue weighted by molar-refractivity contribution is -0.119. The Morgan fingerprint density at radius 2 is 2.22 bits per heavy atom. The van der Waals surface area contributed by atoms with E-state index in [0.29, 0.717) is 30.2 Å². The van der Waals surface area contributed by atoms with Crippen LogP contribution in [0.3, 0.4) is 0 Å². The Morgan fingerprint density at radius 3 is 2.91 bits per heavy atom. The first-order chi connectivity index (χ1) is 10.9. The van der Waals surface area contributed by atoms with Gasteiger partial charge in [0.15, 0.2) is 5.13 Å². The third-order valence-corrected chi connectivity index (χ3v) is 5.64. The molecule has 7 nitrogen and oxygen atoms in total. The number of nitrogens with one attached hydrogen (secondary N) is 1. The second-order valence-corrected chi connectivity index (χ2v) is 8.07. The molecule has 0 saturated carbocycles. The first-order valence-corrected chi connectivity index (χ1v) is 9.82. The quantitative estimate of drug-likeness (QED) is 0.902. The number of hydrogen-bond acceptors (Lipinski definition) is 6. The van der Waals surface area contributed by atoms with Crippen molar-refractivity contribution in [1.82, 2.24) is 14.3 Å². The molecule has 1 amide bonds. The van der Waals surface area contributed by atoms with Gasteiger partial charge in [0.25, 0.3) is 0 Å². The van der Waals surface area contributed by atoms with Crippen molar-refractivity contribution in [2.45, 2.75) is 18.9 Å². The normalized spacial score (nSPS) is 18.9. The van der Waals surface area contributed by atoms with Gasteiger partial charge in [-0.25, -0.2) is 13.4 Å². The maximum Gasteiger partial charge on any atom is 0.244 e. The minimum absolute atomic E-state index is 0.338. The van der Waals surface area contributed by atoms with Gasteiger partial charge in [-0.3, -0.25) is 9.78 Å². The minimum Gasteiger partial charge on any atom is -0.301 e. The summed E-state index contributed by atoms with van der Waals surface area (Å²) in [6.45, 7) is 0.383. The highest BCUT2D eigenvalue weighted by molar-refractivity contribution is 7.88. The zero-order chi connectivity index (χ0) is 16.4. The maximum absolute atomic E-state index is 12.4. The van der Waals surface area contributed by atoms with Gasteiger partial charge in [0, 0.05) is 18.1 Å². The number of amides is 1. The van der Waals surface area contributed by atoms with Gasteiger partial charge >= 0.3 is 0 Å². The van der Waals surface area contributed by atoms with E-state index in [4.69, 9.17) is 0 Å². The number of thiazole rings is 1. The standard InChI is InChI=1S/C14H16N4O3S2/c1-23(20,21)18-8-4-6-12(18)13(19)17-14-16-11(9-22-14)10-5-2-3-7-15-10/h2-3,5,7,9,12H,4,6,8H2,1H3,(H,16,17,19). The highest BCUT2D eigenvalue weighted by Crippen LogP contribution is 2.25. The predicted molar refractivity (Wildman–Crippen MR) is 88.5 cm³/mol. The maximum atomic E-state index is 12.4. The monoisotopic (exact) mass is 352 g/mol. The Hall–Kier alpha value is -1.84. The van der Waals surface area contributed by atoms with Crippen LogP contribution in [0.5, 0.6) is 0 Å². The topological polar surface area (TPSA) is 92.3 Å². The lowest BCUT2D eigenvalue weighted by Gasteiger charge is -2.20. The summed E-state index contributed by atoms with van der Waals surface area (Å²) in [5, 5.41) is 4.96. The van der Waals surface area contributed by atoms with Crippen molar-refractivity contribution in [3.05, 3.63) is 29.8 Å². The molecule has 3 rings (SSSR count). The fourth-order valence-electron chi connectivity index (χ4n) is 2.55. The Balaban J connectivity index is 1.73. The van der Waals surface area contributed by atoms with E-state index >= 15 is 0 Å². The molecule has 1 aliphatic heterocycles. The van der Waals surface area contributed by atoms with E-state index < -0.39 is 16.1 Å². The molecule has 1 atom stereocenters. The van der Waals surface area contributed by atoms with Crippen molar-refractivity contribution >= 4 is 32.4 Å². The van der Waals surface area contributed by atoms with Gasteiger partial charge in [-0.2, -0.15) is 4.31 Å². The van der Waals surface area contributed by atoms with Crippen molar-refractivity contribution in [2.75, 3.05) is 18.1 Å². The van der Waals surface area contributed by atoms with Crippen LogP contribution in [0.25, 0.3) is 11.4 Å². The molecule has 2 aromatic heterocycles. The van der Waals surface area contributed by atoms with E-state index in [1.54, 1.807) is 11.6 Å². The molecule has 1 N–H and O–H groups in total. The number of aromatic nitrogens is 2. The average molecular weight is 352 g/mol. The number of anilines is 1. The molecule has 1 saturated heterocycles. The predicted octanol–water partition coefficient (Wildman–Crippen LogP) is 1.57. The summed E-state index contributed by atoms with van der Waals surface area (Å²) < 4.78 is 24.7. The number of carbonyl (C=O) groups excluding carboxylic acids is 1. The Bertz CT molecular complexity index is 804. The van der Waals surface area contributed by atoms with Crippen LogP contribution in [0, 0.1) is 0 Å². The van der Waals surface area contributed by atoms with Gasteiger partial charge in [-0.15, -0.1) is 11.3 Å². The smallest absolute Gasteiger partial charge is 0.244 e. The molecular weight excluding hydrogens is 336 g/mol. The van der Waals surface area contributed by atoms with Crippen LogP contribution >= 0.6 is 11.3 Å². The number of sulfonamides is 1. The zero-order valence-electron chi connectivity index (χ0n) is 12.5. The minimum atomic E-state index is -3.38. The molecule has 1 aliphatic rings. The van der Waals surface area contributed by atoms with Gasteiger partial charge < -0.3 is 5.32 Å². The highest BCUT2D eigenvalue weighted by atomic mass is 32.2. The summed E-state index contributed by atoms with van der Waals surface area (Å²) in [5.41, 5.74) is 1.40. The summed E-state index contributed by atoms with van der Waals surface area (Å²) in [6, 6.07) is 4.86. The fourth-order valence-corrected chi connectivity index (χ4v) is 4.38. The van der Waals surface area contributed by atoms with Crippen LogP contribution in [0.2, 0.25) is 0 Å². The number of hydrogen-bond donors (Lipinski definition) is 1. The molecule has 0 bridgehead atoms. The first kappa shape index (κ1) is 16.0. The average Bonchev–Trinajstić information content (AvgIpc) is 3.16. The number of carbonyl (C=O) groups is 1. The van der Waals surface area contributed by atoms with Crippen LogP contribution in [0.4, 0.5) is 5.13 Å². The van der Waals surface area contributed by atoms with Gasteiger partial charge in [0.2, 0.25) is 15.9 Å². The second kappa shape index (κ2) is 6.34. The molecule has 23 heavy (non-hydrogen) atoms. The van der Waals surface area contributed by atoms with Crippen LogP contribution in [0.1, 0.15) is 12.8 Å². The summed E-state index contributed by atoms with van der Waals surface area (Å²) in [4.78, 5) is 20.9. The lowest BCUT2D eigenvalue weighted by atomic mass is 10.2. The number of nitrogens with zero attached hydrogens (tertiary/aromatic N) is 3. The zero-order valence-corrected chi connectivity index (χ0v) is 14.1. The van der Waals surface area contributed by atoms with Gasteiger partial charge in [-0.1, -0.05) is 6.07 Å². The summed E-state index contributed by atoms with van der Waals surface area (Å²) >= 11 is 1.29. The first-order valence-electron chi connectivity index (χ1n) is 7.10. The van der Waals surface area contributed by atoms with Gasteiger partial charge in [0.1, 0.15) is 11.7 Å². The van der Waals surface area contributed by atoms with E-state index in [-0.39, 0.29) is 5.91 Å². The number of rotatable bonds is 4. The van der Waals surface area contributed by atoms with Crippen molar-refractivity contribution in [1.29, 1.82) is 0 Å². The van der Waals surface area contributed by atoms with Crippen LogP contribution in [-0.2, 0) is 14.8 Å². The molecule has 9 heteroatoms. The molecule has 122 valence electrons. The van der Waals surface area contributed by atoms with Gasteiger partial charge in [-0.05, 0) is 25.0 Å². The van der Waals surface area contributed by atoms with Crippen molar-refractivity contribution in [3.8, 4) is 11.4 Å². The van der Waals surface area contributed by atoms with E-state index in [0.717, 1.165) is 11.9 Å². The molecular formula is C14H16N4O3S2. The van der Waals surface area contributed by atoms with Crippen LogP contribution in [0.15, 0.2) is 29.8 Å². The molecule has 0 aliphatic carbocycles. The Morgan fingerprint density at radius 1 is 1.39 bits per heavy atom. The molecule has 2 aromatic rings. The largest absolute Gasteiger partial charge is 0.301 e. The molecule has 1 unspecified atom stereocenters. The van der Waals surface area contributed by atoms with Crippen LogP contribution < -0.4 is 5.32 Å². The summed E-state index contributed by atoms with van der Waals surface area (Å²) in [6.07, 6.45) is 4.01. The van der Waals surface area contributed by atoms with E-state index in [1.807, 2.05) is 18.2 Å². The Kier molecular flexibility index (Phi) is 4.42. The molecule has 0 aromatic carbocycles. The van der Waals surface area contributed by atoms with Gasteiger partial charge in [0.05, 0.1) is 11.9 Å². The van der Waals surface area contributed by atoms with Crippen molar-refractivity contribution < 1.29 is 13.2 Å². The van der Waals surface area contributed by atoms with E-state index in [2.05, 4.69) is 15.3 Å². The number of pyridine rings is 1. The van der Waals surface area contributed by atoms with E-state index in [1.165, 1.54) is 15.6 Å². The molecule has 0 spiro atoms. The van der Waals surface area contributed by atoms with Crippen molar-refractivity contribution in [3.63, 3.8) is 0 Å². The molecule has 1 fully saturated rings. The Labute approximate surface area is 138 Å². The summed E-state index contributed by atoms with van der Waals surface area (Å²) in [5.74, 6) is -0.338. The van der Waals surface area contributed by atoms with Crippen LogP contribution in [-0.4, -0.2) is 47.4 Å². The molecule has 3 heterocycles. The van der Waals surface area contributed by atoms with E-state index in [9.17, 15) is 13.2 Å². The fraction of sp³-hybridized carbons (Fsp3) is 0.357. The van der Waals surface area contributed by atoms with Crippen molar-refractivity contribution in [2.24, 2.45) is 0 Å². The molecule has 0 radical (unpaired) electrons. The third-order valence-electron chi connectivity index (χ3n) is 3.59. The summed E-state index contributed by atoms with van der Waals surface area (Å²) in [7, 11) is -3.38.